The van der Waals surface area contributed by atoms with Gasteiger partial charge in [-0.05, 0) is 42.7 Å². The topological polar surface area (TPSA) is 47.4 Å². The van der Waals surface area contributed by atoms with Crippen LogP contribution >= 0.6 is 0 Å². The van der Waals surface area contributed by atoms with Crippen molar-refractivity contribution in [3.63, 3.8) is 0 Å². The number of halogens is 1. The molecule has 1 aliphatic rings. The maximum Gasteiger partial charge on any atom is 0.254 e. The van der Waals surface area contributed by atoms with E-state index in [1.807, 2.05) is 41.5 Å². The van der Waals surface area contributed by atoms with Crippen molar-refractivity contribution in [3.05, 3.63) is 83.2 Å². The van der Waals surface area contributed by atoms with E-state index in [0.29, 0.717) is 25.3 Å². The van der Waals surface area contributed by atoms with E-state index in [9.17, 15) is 9.18 Å². The highest BCUT2D eigenvalue weighted by Crippen LogP contribution is 2.42. The Kier molecular flexibility index (Phi) is 4.86. The zero-order chi connectivity index (χ0) is 20.6. The van der Waals surface area contributed by atoms with Gasteiger partial charge in [0.05, 0.1) is 25.7 Å². The Morgan fingerprint density at radius 3 is 2.66 bits per heavy atom. The van der Waals surface area contributed by atoms with Crippen molar-refractivity contribution in [1.29, 1.82) is 0 Å². The average molecular weight is 393 g/mol. The summed E-state index contributed by atoms with van der Waals surface area (Å²) < 4.78 is 20.9. The maximum atomic E-state index is 13.9. The number of imidazole rings is 1. The summed E-state index contributed by atoms with van der Waals surface area (Å²) in [5.74, 6) is 0.379. The van der Waals surface area contributed by atoms with Gasteiger partial charge in [0.15, 0.2) is 5.54 Å². The summed E-state index contributed by atoms with van der Waals surface area (Å²) in [5.41, 5.74) is 2.78. The third kappa shape index (κ3) is 3.09. The summed E-state index contributed by atoms with van der Waals surface area (Å²) >= 11 is 0. The molecular weight excluding hydrogens is 369 g/mol. The van der Waals surface area contributed by atoms with Gasteiger partial charge in [0, 0.05) is 18.3 Å². The molecule has 1 aromatic heterocycles. The molecule has 1 aliphatic heterocycles. The van der Waals surface area contributed by atoms with Crippen LogP contribution in [0.3, 0.4) is 0 Å². The first kappa shape index (κ1) is 19.2. The number of fused-ring (bicyclic) bond motifs is 1. The van der Waals surface area contributed by atoms with E-state index in [1.54, 1.807) is 31.8 Å². The highest BCUT2D eigenvalue weighted by Gasteiger charge is 2.48. The molecule has 2 heterocycles. The summed E-state index contributed by atoms with van der Waals surface area (Å²) in [6.07, 6.45) is 4.08. The molecule has 2 aromatic carbocycles. The van der Waals surface area contributed by atoms with E-state index in [0.717, 1.165) is 22.4 Å². The Hall–Kier alpha value is -3.15. The Labute approximate surface area is 169 Å². The lowest BCUT2D eigenvalue weighted by molar-refractivity contribution is -0.143. The summed E-state index contributed by atoms with van der Waals surface area (Å²) in [6.45, 7) is 4.85. The minimum absolute atomic E-state index is 0.0167. The van der Waals surface area contributed by atoms with Gasteiger partial charge in [-0.25, -0.2) is 9.37 Å². The minimum atomic E-state index is -0.941. The quantitative estimate of drug-likeness (QED) is 0.657. The van der Waals surface area contributed by atoms with Crippen molar-refractivity contribution >= 4 is 5.91 Å². The number of carbonyl (C=O) groups is 1. The summed E-state index contributed by atoms with van der Waals surface area (Å²) in [4.78, 5) is 20.1. The van der Waals surface area contributed by atoms with Crippen LogP contribution in [0.15, 0.2) is 55.0 Å². The fourth-order valence-corrected chi connectivity index (χ4v) is 4.25. The number of carbonyl (C=O) groups excluding carboxylic acids is 1. The van der Waals surface area contributed by atoms with Crippen LogP contribution in [0.4, 0.5) is 4.39 Å². The van der Waals surface area contributed by atoms with Crippen molar-refractivity contribution in [1.82, 2.24) is 14.5 Å². The van der Waals surface area contributed by atoms with Gasteiger partial charge in [0.2, 0.25) is 0 Å². The molecule has 0 saturated heterocycles. The van der Waals surface area contributed by atoms with Gasteiger partial charge < -0.3 is 14.2 Å². The first-order valence-corrected chi connectivity index (χ1v) is 9.70. The average Bonchev–Trinajstić information content (AvgIpc) is 3.19. The third-order valence-corrected chi connectivity index (χ3v) is 5.72. The molecule has 5 nitrogen and oxygen atoms in total. The number of hydrogen-bond acceptors (Lipinski definition) is 3. The highest BCUT2D eigenvalue weighted by atomic mass is 19.1. The number of aryl methyl sites for hydroxylation is 1. The fraction of sp³-hybridized carbons (Fsp3) is 0.304. The number of ether oxygens (including phenoxy) is 1. The standard InChI is InChI=1S/C23H24FN3O2/c1-4-23(20-10-5-16(2)11-21(20)29-3)22(28)26(14-19-12-25-15-27(19)23)13-17-6-8-18(24)9-7-17/h5-12,15H,4,13-14H2,1-3H3. The van der Waals surface area contributed by atoms with Gasteiger partial charge >= 0.3 is 0 Å². The lowest BCUT2D eigenvalue weighted by atomic mass is 9.82. The lowest BCUT2D eigenvalue weighted by Gasteiger charge is -2.43. The second kappa shape index (κ2) is 7.35. The van der Waals surface area contributed by atoms with Crippen LogP contribution in [0.1, 0.15) is 35.7 Å². The van der Waals surface area contributed by atoms with Gasteiger partial charge in [-0.2, -0.15) is 0 Å². The van der Waals surface area contributed by atoms with Crippen LogP contribution in [0.2, 0.25) is 0 Å². The molecule has 1 atom stereocenters. The van der Waals surface area contributed by atoms with Gasteiger partial charge in [-0.1, -0.05) is 31.2 Å². The Balaban J connectivity index is 1.84. The van der Waals surface area contributed by atoms with Crippen LogP contribution in [0.5, 0.6) is 5.75 Å². The number of rotatable bonds is 5. The zero-order valence-corrected chi connectivity index (χ0v) is 16.9. The van der Waals surface area contributed by atoms with Crippen molar-refractivity contribution in [2.75, 3.05) is 7.11 Å². The van der Waals surface area contributed by atoms with Crippen LogP contribution in [0, 0.1) is 12.7 Å². The first-order chi connectivity index (χ1) is 14.0. The summed E-state index contributed by atoms with van der Waals surface area (Å²) in [7, 11) is 1.63. The number of benzene rings is 2. The predicted octanol–water partition coefficient (Wildman–Crippen LogP) is 4.04. The van der Waals surface area contributed by atoms with Crippen molar-refractivity contribution in [2.24, 2.45) is 0 Å². The molecule has 0 bridgehead atoms. The zero-order valence-electron chi connectivity index (χ0n) is 16.9. The molecule has 0 aliphatic carbocycles. The number of methoxy groups -OCH3 is 1. The molecule has 0 N–H and O–H groups in total. The molecule has 150 valence electrons. The molecule has 0 fully saturated rings. The molecule has 0 saturated carbocycles. The lowest BCUT2D eigenvalue weighted by Crippen LogP contribution is -2.55. The molecular formula is C23H24FN3O2. The normalized spacial score (nSPS) is 18.6. The smallest absolute Gasteiger partial charge is 0.254 e. The number of amides is 1. The second-order valence-corrected chi connectivity index (χ2v) is 7.46. The highest BCUT2D eigenvalue weighted by molar-refractivity contribution is 5.90. The molecule has 0 spiro atoms. The Morgan fingerprint density at radius 1 is 1.21 bits per heavy atom. The number of nitrogens with zero attached hydrogens (tertiary/aromatic N) is 3. The second-order valence-electron chi connectivity index (χ2n) is 7.46. The largest absolute Gasteiger partial charge is 0.496 e. The molecule has 6 heteroatoms. The molecule has 0 radical (unpaired) electrons. The molecule has 29 heavy (non-hydrogen) atoms. The summed E-state index contributed by atoms with van der Waals surface area (Å²) in [6, 6.07) is 12.2. The van der Waals surface area contributed by atoms with Crippen LogP contribution < -0.4 is 4.74 Å². The van der Waals surface area contributed by atoms with Crippen molar-refractivity contribution in [3.8, 4) is 5.75 Å². The molecule has 4 rings (SSSR count). The van der Waals surface area contributed by atoms with Crippen molar-refractivity contribution < 1.29 is 13.9 Å². The van der Waals surface area contributed by atoms with E-state index < -0.39 is 5.54 Å². The van der Waals surface area contributed by atoms with Gasteiger partial charge in [-0.3, -0.25) is 4.79 Å². The summed E-state index contributed by atoms with van der Waals surface area (Å²) in [5, 5.41) is 0. The van der Waals surface area contributed by atoms with E-state index in [1.165, 1.54) is 12.1 Å². The molecule has 1 unspecified atom stereocenters. The monoisotopic (exact) mass is 393 g/mol. The maximum absolute atomic E-state index is 13.9. The molecule has 1 amide bonds. The van der Waals surface area contributed by atoms with Gasteiger partial charge in [0.25, 0.3) is 5.91 Å². The van der Waals surface area contributed by atoms with E-state index in [2.05, 4.69) is 4.98 Å². The number of aromatic nitrogens is 2. The van der Waals surface area contributed by atoms with Crippen molar-refractivity contribution in [2.45, 2.75) is 38.9 Å². The van der Waals surface area contributed by atoms with Crippen LogP contribution in [-0.4, -0.2) is 27.5 Å². The van der Waals surface area contributed by atoms with Crippen LogP contribution in [0.25, 0.3) is 0 Å². The van der Waals surface area contributed by atoms with E-state index >= 15 is 0 Å². The molecule has 3 aromatic rings. The first-order valence-electron chi connectivity index (χ1n) is 9.70. The van der Waals surface area contributed by atoms with Gasteiger partial charge in [0.1, 0.15) is 11.6 Å². The van der Waals surface area contributed by atoms with E-state index in [4.69, 9.17) is 4.74 Å². The number of hydrogen-bond donors (Lipinski definition) is 0. The Morgan fingerprint density at radius 2 is 1.97 bits per heavy atom. The SMILES string of the molecule is CCC1(c2ccc(C)cc2OC)C(=O)N(Cc2ccc(F)cc2)Cc2cncn21. The fourth-order valence-electron chi connectivity index (χ4n) is 4.25. The van der Waals surface area contributed by atoms with Crippen LogP contribution in [-0.2, 0) is 23.4 Å². The minimum Gasteiger partial charge on any atom is -0.496 e. The predicted molar refractivity (Wildman–Crippen MR) is 108 cm³/mol. The van der Waals surface area contributed by atoms with E-state index in [-0.39, 0.29) is 11.7 Å². The van der Waals surface area contributed by atoms with Gasteiger partial charge in [-0.15, -0.1) is 0 Å². The third-order valence-electron chi connectivity index (χ3n) is 5.72. The Bertz CT molecular complexity index is 1040.